The summed E-state index contributed by atoms with van der Waals surface area (Å²) >= 11 is 1.66. The van der Waals surface area contributed by atoms with Crippen molar-refractivity contribution in [3.05, 3.63) is 41.9 Å². The number of hydrogen-bond acceptors (Lipinski definition) is 6. The van der Waals surface area contributed by atoms with Gasteiger partial charge in [0.1, 0.15) is 0 Å². The summed E-state index contributed by atoms with van der Waals surface area (Å²) in [5.74, 6) is 0.954. The lowest BCUT2D eigenvalue weighted by atomic mass is 9.98. The molecule has 8 nitrogen and oxygen atoms in total. The van der Waals surface area contributed by atoms with Gasteiger partial charge in [-0.15, -0.1) is 11.3 Å². The Bertz CT molecular complexity index is 933. The Balaban J connectivity index is 1.25. The molecule has 4 rings (SSSR count). The highest BCUT2D eigenvalue weighted by Crippen LogP contribution is 2.24. The normalized spacial score (nSPS) is 19.9. The zero-order valence-corrected chi connectivity index (χ0v) is 18.6. The number of nitrogens with two attached hydrogens (primary N) is 1. The average Bonchev–Trinajstić information content (AvgIpc) is 3.33. The van der Waals surface area contributed by atoms with Crippen LogP contribution in [0, 0.1) is 5.92 Å². The number of anilines is 1. The topological polar surface area (TPSA) is 95.1 Å². The Hall–Kier alpha value is -2.17. The van der Waals surface area contributed by atoms with Crippen LogP contribution in [0.15, 0.2) is 51.8 Å². The number of sulfonamides is 1. The summed E-state index contributed by atoms with van der Waals surface area (Å²) in [7, 11) is -3.40. The van der Waals surface area contributed by atoms with Crippen molar-refractivity contribution in [1.29, 1.82) is 0 Å². The third-order valence-corrected chi connectivity index (χ3v) is 8.50. The van der Waals surface area contributed by atoms with Crippen LogP contribution in [0.25, 0.3) is 0 Å². The van der Waals surface area contributed by atoms with E-state index in [0.717, 1.165) is 44.2 Å². The van der Waals surface area contributed by atoms with Gasteiger partial charge in [0.2, 0.25) is 10.0 Å². The van der Waals surface area contributed by atoms with E-state index in [4.69, 9.17) is 5.73 Å². The molecule has 2 aliphatic rings. The van der Waals surface area contributed by atoms with Gasteiger partial charge < -0.3 is 15.5 Å². The first kappa shape index (κ1) is 21.1. The third-order valence-electron chi connectivity index (χ3n) is 5.76. The van der Waals surface area contributed by atoms with E-state index in [1.54, 1.807) is 39.9 Å². The van der Waals surface area contributed by atoms with Crippen molar-refractivity contribution < 1.29 is 8.42 Å². The molecule has 10 heteroatoms. The highest BCUT2D eigenvalue weighted by atomic mass is 32.2. The van der Waals surface area contributed by atoms with E-state index in [-0.39, 0.29) is 0 Å². The molecule has 2 saturated heterocycles. The molecular formula is C20H28N6O2S2. The molecular weight excluding hydrogens is 420 g/mol. The van der Waals surface area contributed by atoms with E-state index < -0.39 is 10.0 Å². The summed E-state index contributed by atoms with van der Waals surface area (Å²) in [6.45, 7) is 5.16. The van der Waals surface area contributed by atoms with Gasteiger partial charge in [-0.2, -0.15) is 4.31 Å². The number of guanidine groups is 1. The van der Waals surface area contributed by atoms with Crippen LogP contribution in [0.2, 0.25) is 0 Å². The average molecular weight is 449 g/mol. The molecule has 1 aromatic heterocycles. The van der Waals surface area contributed by atoms with Gasteiger partial charge in [-0.3, -0.25) is 4.99 Å². The second-order valence-electron chi connectivity index (χ2n) is 7.65. The molecule has 2 aromatic rings. The summed E-state index contributed by atoms with van der Waals surface area (Å²) in [5, 5.41) is 3.05. The number of hydrogen-bond donors (Lipinski definition) is 1. The van der Waals surface area contributed by atoms with Crippen LogP contribution in [0.5, 0.6) is 0 Å². The van der Waals surface area contributed by atoms with Crippen LogP contribution in [0.1, 0.15) is 12.8 Å². The maximum atomic E-state index is 12.7. The highest BCUT2D eigenvalue weighted by Gasteiger charge is 2.29. The molecule has 2 N–H and O–H groups in total. The molecule has 162 valence electrons. The van der Waals surface area contributed by atoms with Gasteiger partial charge in [0.05, 0.1) is 4.90 Å². The number of piperidine rings is 1. The number of piperazine rings is 1. The van der Waals surface area contributed by atoms with Crippen LogP contribution in [0.4, 0.5) is 5.13 Å². The maximum absolute atomic E-state index is 12.7. The lowest BCUT2D eigenvalue weighted by molar-refractivity contribution is 0.277. The molecule has 1 aromatic carbocycles. The quantitative estimate of drug-likeness (QED) is 0.552. The first-order chi connectivity index (χ1) is 14.5. The van der Waals surface area contributed by atoms with Crippen molar-refractivity contribution in [2.75, 3.05) is 50.7 Å². The van der Waals surface area contributed by atoms with Crippen molar-refractivity contribution in [1.82, 2.24) is 14.2 Å². The first-order valence-corrected chi connectivity index (χ1v) is 12.6. The molecule has 2 aliphatic heterocycles. The summed E-state index contributed by atoms with van der Waals surface area (Å²) in [4.78, 5) is 13.8. The van der Waals surface area contributed by atoms with Crippen molar-refractivity contribution in [3.63, 3.8) is 0 Å². The zero-order valence-electron chi connectivity index (χ0n) is 16.9. The van der Waals surface area contributed by atoms with E-state index in [1.807, 2.05) is 17.6 Å². The Labute approximate surface area is 182 Å². The molecule has 0 spiro atoms. The summed E-state index contributed by atoms with van der Waals surface area (Å²) in [6.07, 6.45) is 3.44. The SMILES string of the molecule is NC(=NCC1CCN(S(=O)(=O)c2ccccc2)CC1)N1CCN(c2nccs2)CC1. The number of rotatable bonds is 5. The van der Waals surface area contributed by atoms with Crippen LogP contribution in [-0.4, -0.2) is 74.4 Å². The lowest BCUT2D eigenvalue weighted by Crippen LogP contribution is -2.51. The van der Waals surface area contributed by atoms with Crippen molar-refractivity contribution >= 4 is 32.5 Å². The second-order valence-corrected chi connectivity index (χ2v) is 10.5. The predicted octanol–water partition coefficient (Wildman–Crippen LogP) is 1.68. The fraction of sp³-hybridized carbons (Fsp3) is 0.500. The fourth-order valence-electron chi connectivity index (χ4n) is 3.90. The van der Waals surface area contributed by atoms with Crippen LogP contribution in [-0.2, 0) is 10.0 Å². The van der Waals surface area contributed by atoms with Gasteiger partial charge in [-0.1, -0.05) is 18.2 Å². The third kappa shape index (κ3) is 4.76. The van der Waals surface area contributed by atoms with Crippen LogP contribution < -0.4 is 10.6 Å². The minimum atomic E-state index is -3.40. The molecule has 0 radical (unpaired) electrons. The van der Waals surface area contributed by atoms with Gasteiger partial charge >= 0.3 is 0 Å². The van der Waals surface area contributed by atoms with Gasteiger partial charge in [-0.25, -0.2) is 13.4 Å². The zero-order chi connectivity index (χ0) is 21.0. The summed E-state index contributed by atoms with van der Waals surface area (Å²) in [5.41, 5.74) is 6.24. The molecule has 3 heterocycles. The minimum absolute atomic E-state index is 0.363. The molecule has 0 unspecified atom stereocenters. The first-order valence-electron chi connectivity index (χ1n) is 10.3. The van der Waals surface area contributed by atoms with Gasteiger partial charge in [-0.05, 0) is 30.9 Å². The largest absolute Gasteiger partial charge is 0.370 e. The van der Waals surface area contributed by atoms with Crippen molar-refractivity contribution in [3.8, 4) is 0 Å². The number of nitrogens with zero attached hydrogens (tertiary/aromatic N) is 5. The van der Waals surface area contributed by atoms with E-state index in [1.165, 1.54) is 0 Å². The number of aromatic nitrogens is 1. The van der Waals surface area contributed by atoms with Crippen LogP contribution in [0.3, 0.4) is 0 Å². The Morgan fingerprint density at radius 1 is 1.10 bits per heavy atom. The number of thiazole rings is 1. The van der Waals surface area contributed by atoms with Gasteiger partial charge in [0.15, 0.2) is 11.1 Å². The van der Waals surface area contributed by atoms with Gasteiger partial charge in [0.25, 0.3) is 0 Å². The van der Waals surface area contributed by atoms with Crippen LogP contribution >= 0.6 is 11.3 Å². The van der Waals surface area contributed by atoms with E-state index in [2.05, 4.69) is 19.8 Å². The molecule has 0 aliphatic carbocycles. The number of benzene rings is 1. The summed E-state index contributed by atoms with van der Waals surface area (Å²) in [6, 6.07) is 8.65. The van der Waals surface area contributed by atoms with E-state index in [9.17, 15) is 8.42 Å². The molecule has 30 heavy (non-hydrogen) atoms. The second kappa shape index (κ2) is 9.32. The smallest absolute Gasteiger partial charge is 0.243 e. The Kier molecular flexibility index (Phi) is 6.55. The van der Waals surface area contributed by atoms with Gasteiger partial charge in [0, 0.05) is 57.4 Å². The molecule has 0 atom stereocenters. The minimum Gasteiger partial charge on any atom is -0.370 e. The maximum Gasteiger partial charge on any atom is 0.243 e. The fourth-order valence-corrected chi connectivity index (χ4v) is 6.08. The Morgan fingerprint density at radius 3 is 2.43 bits per heavy atom. The predicted molar refractivity (Wildman–Crippen MR) is 120 cm³/mol. The summed E-state index contributed by atoms with van der Waals surface area (Å²) < 4.78 is 27.1. The molecule has 0 amide bonds. The van der Waals surface area contributed by atoms with Crippen molar-refractivity contribution in [2.45, 2.75) is 17.7 Å². The van der Waals surface area contributed by atoms with E-state index >= 15 is 0 Å². The Morgan fingerprint density at radius 2 is 1.80 bits per heavy atom. The molecule has 0 bridgehead atoms. The van der Waals surface area contributed by atoms with Crippen molar-refractivity contribution in [2.24, 2.45) is 16.6 Å². The number of aliphatic imine (C=N–C) groups is 1. The highest BCUT2D eigenvalue weighted by molar-refractivity contribution is 7.89. The lowest BCUT2D eigenvalue weighted by Gasteiger charge is -2.35. The standard InChI is InChI=1S/C20H28N6O2S2/c21-19(24-11-13-25(14-12-24)20-22-8-15-29-20)23-16-17-6-9-26(10-7-17)30(27,28)18-4-2-1-3-5-18/h1-5,8,15,17H,6-7,9-14,16H2,(H2,21,23). The molecule has 2 fully saturated rings. The van der Waals surface area contributed by atoms with E-state index in [0.29, 0.717) is 36.4 Å². The molecule has 0 saturated carbocycles. The monoisotopic (exact) mass is 448 g/mol.